The minimum atomic E-state index is -0.598. The van der Waals surface area contributed by atoms with Gasteiger partial charge in [-0.25, -0.2) is 0 Å². The molecule has 0 bridgehead atoms. The molecule has 1 amide bonds. The van der Waals surface area contributed by atoms with Gasteiger partial charge in [-0.15, -0.1) is 11.3 Å². The molecule has 1 aromatic carbocycles. The van der Waals surface area contributed by atoms with E-state index in [0.29, 0.717) is 5.69 Å². The van der Waals surface area contributed by atoms with Gasteiger partial charge in [-0.1, -0.05) is 17.7 Å². The van der Waals surface area contributed by atoms with Crippen molar-refractivity contribution in [2.75, 3.05) is 5.32 Å². The number of hydrogen-bond acceptors (Lipinski definition) is 5. The largest absolute Gasteiger partial charge is 0.332 e. The maximum atomic E-state index is 11.7. The van der Waals surface area contributed by atoms with Crippen LogP contribution in [0.1, 0.15) is 4.88 Å². The van der Waals surface area contributed by atoms with Gasteiger partial charge in [0.05, 0.1) is 4.92 Å². The number of nitrogens with one attached hydrogen (secondary N) is 2. The standard InChI is InChI=1S/C14H10ClN3O3S2/c15-11-5-3-9(8-12(11)18(20)21)16-14(22)17-13(19)6-4-10-2-1-7-23-10/h1-8H,(H2,16,17,19,22). The highest BCUT2D eigenvalue weighted by Gasteiger charge is 2.13. The lowest BCUT2D eigenvalue weighted by Crippen LogP contribution is -2.32. The van der Waals surface area contributed by atoms with E-state index in [9.17, 15) is 14.9 Å². The minimum Gasteiger partial charge on any atom is -0.332 e. The van der Waals surface area contributed by atoms with Gasteiger partial charge in [0.2, 0.25) is 5.91 Å². The zero-order valence-corrected chi connectivity index (χ0v) is 13.9. The molecule has 0 aliphatic heterocycles. The molecule has 2 rings (SSSR count). The van der Waals surface area contributed by atoms with Crippen molar-refractivity contribution in [1.29, 1.82) is 0 Å². The van der Waals surface area contributed by atoms with Crippen LogP contribution in [0, 0.1) is 10.1 Å². The van der Waals surface area contributed by atoms with Crippen LogP contribution < -0.4 is 10.6 Å². The highest BCUT2D eigenvalue weighted by molar-refractivity contribution is 7.80. The summed E-state index contributed by atoms with van der Waals surface area (Å²) in [4.78, 5) is 22.9. The van der Waals surface area contributed by atoms with Crippen LogP contribution in [0.2, 0.25) is 5.02 Å². The Morgan fingerprint density at radius 2 is 2.17 bits per heavy atom. The number of carbonyl (C=O) groups is 1. The van der Waals surface area contributed by atoms with Gasteiger partial charge >= 0.3 is 0 Å². The monoisotopic (exact) mass is 367 g/mol. The lowest BCUT2D eigenvalue weighted by atomic mass is 10.3. The summed E-state index contributed by atoms with van der Waals surface area (Å²) in [5, 5.41) is 17.9. The molecular formula is C14H10ClN3O3S2. The summed E-state index contributed by atoms with van der Waals surface area (Å²) in [6, 6.07) is 7.89. The number of carbonyl (C=O) groups excluding carboxylic acids is 1. The van der Waals surface area contributed by atoms with Crippen molar-refractivity contribution in [2.45, 2.75) is 0 Å². The van der Waals surface area contributed by atoms with Crippen molar-refractivity contribution in [3.8, 4) is 0 Å². The second kappa shape index (κ2) is 7.82. The van der Waals surface area contributed by atoms with E-state index < -0.39 is 10.8 Å². The summed E-state index contributed by atoms with van der Waals surface area (Å²) >= 11 is 12.2. The first-order valence-electron chi connectivity index (χ1n) is 6.23. The molecule has 6 nitrogen and oxygen atoms in total. The SMILES string of the molecule is O=C(C=Cc1cccs1)NC(=S)Nc1ccc(Cl)c([N+](=O)[O-])c1. The molecule has 2 aromatic rings. The second-order valence-electron chi connectivity index (χ2n) is 4.22. The van der Waals surface area contributed by atoms with Crippen molar-refractivity contribution in [2.24, 2.45) is 0 Å². The van der Waals surface area contributed by atoms with E-state index in [0.717, 1.165) is 4.88 Å². The van der Waals surface area contributed by atoms with Crippen LogP contribution in [0.15, 0.2) is 41.8 Å². The molecule has 0 saturated heterocycles. The van der Waals surface area contributed by atoms with E-state index in [4.69, 9.17) is 23.8 Å². The fourth-order valence-electron chi connectivity index (χ4n) is 1.59. The van der Waals surface area contributed by atoms with Gasteiger partial charge in [0, 0.05) is 22.7 Å². The van der Waals surface area contributed by atoms with Gasteiger partial charge in [0.25, 0.3) is 5.69 Å². The summed E-state index contributed by atoms with van der Waals surface area (Å²) in [7, 11) is 0. The summed E-state index contributed by atoms with van der Waals surface area (Å²) < 4.78 is 0. The van der Waals surface area contributed by atoms with E-state index >= 15 is 0 Å². The topological polar surface area (TPSA) is 84.3 Å². The predicted octanol–water partition coefficient (Wildman–Crippen LogP) is 3.84. The van der Waals surface area contributed by atoms with Crippen LogP contribution in [-0.2, 0) is 4.79 Å². The van der Waals surface area contributed by atoms with E-state index in [1.54, 1.807) is 6.08 Å². The third-order valence-corrected chi connectivity index (χ3v) is 3.94. The van der Waals surface area contributed by atoms with E-state index in [1.165, 1.54) is 35.6 Å². The number of halogens is 1. The maximum absolute atomic E-state index is 11.7. The van der Waals surface area contributed by atoms with E-state index in [1.807, 2.05) is 17.5 Å². The third-order valence-electron chi connectivity index (χ3n) is 2.58. The zero-order valence-electron chi connectivity index (χ0n) is 11.5. The molecule has 0 aliphatic carbocycles. The van der Waals surface area contributed by atoms with Gasteiger partial charge in [-0.3, -0.25) is 20.2 Å². The highest BCUT2D eigenvalue weighted by atomic mass is 35.5. The third kappa shape index (κ3) is 5.13. The number of nitrogens with zero attached hydrogens (tertiary/aromatic N) is 1. The molecule has 0 radical (unpaired) electrons. The van der Waals surface area contributed by atoms with Crippen LogP contribution in [0.3, 0.4) is 0 Å². The number of anilines is 1. The highest BCUT2D eigenvalue weighted by Crippen LogP contribution is 2.27. The predicted molar refractivity (Wildman–Crippen MR) is 95.8 cm³/mol. The van der Waals surface area contributed by atoms with Crippen LogP contribution in [0.5, 0.6) is 0 Å². The van der Waals surface area contributed by atoms with Crippen LogP contribution in [0.25, 0.3) is 6.08 Å². The molecule has 0 saturated carbocycles. The fourth-order valence-corrected chi connectivity index (χ4v) is 2.61. The molecule has 9 heteroatoms. The Labute approximate surface area is 145 Å². The summed E-state index contributed by atoms with van der Waals surface area (Å²) in [5.74, 6) is -0.403. The van der Waals surface area contributed by atoms with Gasteiger partial charge < -0.3 is 5.32 Å². The Balaban J connectivity index is 1.95. The number of nitro groups is 1. The van der Waals surface area contributed by atoms with E-state index in [-0.39, 0.29) is 15.8 Å². The molecule has 1 heterocycles. The minimum absolute atomic E-state index is 0.0226. The van der Waals surface area contributed by atoms with Gasteiger partial charge in [-0.05, 0) is 41.9 Å². The molecular weight excluding hydrogens is 358 g/mol. The zero-order chi connectivity index (χ0) is 16.8. The van der Waals surface area contributed by atoms with Crippen molar-refractivity contribution in [3.05, 3.63) is 61.8 Å². The second-order valence-corrected chi connectivity index (χ2v) is 6.01. The summed E-state index contributed by atoms with van der Waals surface area (Å²) in [6.45, 7) is 0. The average molecular weight is 368 g/mol. The Kier molecular flexibility index (Phi) is 5.80. The van der Waals surface area contributed by atoms with Crippen LogP contribution in [0.4, 0.5) is 11.4 Å². The van der Waals surface area contributed by atoms with E-state index in [2.05, 4.69) is 10.6 Å². The molecule has 0 aliphatic rings. The molecule has 1 aromatic heterocycles. The number of nitro benzene ring substituents is 1. The molecule has 118 valence electrons. The first-order valence-corrected chi connectivity index (χ1v) is 7.90. The Bertz CT molecular complexity index is 776. The lowest BCUT2D eigenvalue weighted by Gasteiger charge is -2.08. The smallest absolute Gasteiger partial charge is 0.289 e. The average Bonchev–Trinajstić information content (AvgIpc) is 3.00. The molecule has 0 spiro atoms. The van der Waals surface area contributed by atoms with Crippen molar-refractivity contribution in [1.82, 2.24) is 5.32 Å². The van der Waals surface area contributed by atoms with Crippen molar-refractivity contribution >= 4 is 63.6 Å². The maximum Gasteiger partial charge on any atom is 0.289 e. The Morgan fingerprint density at radius 3 is 2.83 bits per heavy atom. The number of thiophene rings is 1. The number of rotatable bonds is 4. The molecule has 0 unspecified atom stereocenters. The lowest BCUT2D eigenvalue weighted by molar-refractivity contribution is -0.384. The normalized spacial score (nSPS) is 10.5. The number of benzene rings is 1. The van der Waals surface area contributed by atoms with Crippen molar-refractivity contribution in [3.63, 3.8) is 0 Å². The Hall–Kier alpha value is -2.29. The fraction of sp³-hybridized carbons (Fsp3) is 0. The first-order chi connectivity index (χ1) is 11.0. The summed E-state index contributed by atoms with van der Waals surface area (Å²) in [5.41, 5.74) is 0.108. The molecule has 23 heavy (non-hydrogen) atoms. The number of amides is 1. The van der Waals surface area contributed by atoms with Crippen LogP contribution in [-0.4, -0.2) is 15.9 Å². The Morgan fingerprint density at radius 1 is 1.39 bits per heavy atom. The molecule has 2 N–H and O–H groups in total. The first kappa shape index (κ1) is 17.1. The summed E-state index contributed by atoms with van der Waals surface area (Å²) in [6.07, 6.45) is 3.01. The molecule has 0 atom stereocenters. The van der Waals surface area contributed by atoms with Crippen LogP contribution >= 0.6 is 35.2 Å². The quantitative estimate of drug-likeness (QED) is 0.371. The van der Waals surface area contributed by atoms with Crippen molar-refractivity contribution < 1.29 is 9.72 Å². The van der Waals surface area contributed by atoms with Gasteiger partial charge in [0.15, 0.2) is 5.11 Å². The number of hydrogen-bond donors (Lipinski definition) is 2. The number of thiocarbonyl (C=S) groups is 1. The molecule has 0 fully saturated rings. The van der Waals surface area contributed by atoms with Gasteiger partial charge in [0.1, 0.15) is 5.02 Å². The van der Waals surface area contributed by atoms with Gasteiger partial charge in [-0.2, -0.15) is 0 Å².